The fourth-order valence-corrected chi connectivity index (χ4v) is 7.81. The normalized spacial score (nSPS) is 21.8. The molecule has 0 fully saturated rings. The maximum Gasteiger partial charge on any atom is 0.242 e. The first-order chi connectivity index (χ1) is 19.0. The van der Waals surface area contributed by atoms with Crippen LogP contribution in [0.15, 0.2) is 102 Å². The Bertz CT molecular complexity index is 1950. The number of hydrogen-bond donors (Lipinski definition) is 2. The van der Waals surface area contributed by atoms with Crippen molar-refractivity contribution in [2.45, 2.75) is 24.2 Å². The van der Waals surface area contributed by atoms with E-state index in [0.29, 0.717) is 0 Å². The van der Waals surface area contributed by atoms with Crippen molar-refractivity contribution in [3.63, 3.8) is 0 Å². The lowest BCUT2D eigenvalue weighted by molar-refractivity contribution is -0.122. The first kappa shape index (κ1) is 22.9. The Morgan fingerprint density at radius 3 is 2.46 bits per heavy atom. The fourth-order valence-electron chi connectivity index (χ4n) is 7.55. The molecule has 3 heterocycles. The lowest BCUT2D eigenvalue weighted by Gasteiger charge is -2.35. The van der Waals surface area contributed by atoms with Crippen LogP contribution in [0.2, 0.25) is 0 Å². The van der Waals surface area contributed by atoms with Crippen LogP contribution in [0.5, 0.6) is 0 Å². The van der Waals surface area contributed by atoms with Crippen LogP contribution in [0.1, 0.15) is 45.3 Å². The van der Waals surface area contributed by atoms with E-state index in [1.165, 1.54) is 16.5 Å². The molecule has 1 spiro atoms. The number of aryl methyl sites for hydroxylation is 1. The monoisotopic (exact) mass is 571 g/mol. The van der Waals surface area contributed by atoms with Crippen LogP contribution in [0, 0.1) is 6.92 Å². The van der Waals surface area contributed by atoms with E-state index in [1.807, 2.05) is 18.0 Å². The molecule has 1 aliphatic carbocycles. The van der Waals surface area contributed by atoms with Crippen LogP contribution in [0.25, 0.3) is 21.8 Å². The summed E-state index contributed by atoms with van der Waals surface area (Å²) in [4.78, 5) is 24.2. The number of fused-ring (bicyclic) bond motifs is 7. The predicted octanol–water partition coefficient (Wildman–Crippen LogP) is 7.91. The molecule has 1 amide bonds. The summed E-state index contributed by atoms with van der Waals surface area (Å²) in [5.74, 6) is -0.0944. The molecule has 2 aromatic heterocycles. The van der Waals surface area contributed by atoms with Gasteiger partial charge >= 0.3 is 0 Å². The van der Waals surface area contributed by atoms with E-state index in [-0.39, 0.29) is 17.7 Å². The van der Waals surface area contributed by atoms with Crippen molar-refractivity contribution in [3.05, 3.63) is 135 Å². The van der Waals surface area contributed by atoms with Crippen LogP contribution in [-0.2, 0) is 10.2 Å². The fraction of sp³-hybridized carbons (Fsp3) is 0.147. The summed E-state index contributed by atoms with van der Waals surface area (Å²) in [7, 11) is 1.92. The van der Waals surface area contributed by atoms with E-state index in [9.17, 15) is 4.79 Å². The zero-order chi connectivity index (χ0) is 26.5. The highest BCUT2D eigenvalue weighted by Gasteiger charge is 2.64. The Morgan fingerprint density at radius 2 is 1.62 bits per heavy atom. The van der Waals surface area contributed by atoms with Crippen molar-refractivity contribution < 1.29 is 4.79 Å². The van der Waals surface area contributed by atoms with Gasteiger partial charge in [-0.3, -0.25) is 4.79 Å². The quantitative estimate of drug-likeness (QED) is 0.218. The third-order valence-corrected chi connectivity index (χ3v) is 9.62. The Labute approximate surface area is 234 Å². The second-order valence-electron chi connectivity index (χ2n) is 10.9. The number of aromatic nitrogens is 2. The molecule has 3 atom stereocenters. The summed E-state index contributed by atoms with van der Waals surface area (Å²) >= 11 is 3.64. The number of H-pyrrole nitrogens is 2. The molecule has 8 rings (SSSR count). The number of amides is 1. The van der Waals surface area contributed by atoms with Crippen molar-refractivity contribution in [2.75, 3.05) is 11.9 Å². The van der Waals surface area contributed by atoms with Gasteiger partial charge in [-0.15, -0.1) is 0 Å². The van der Waals surface area contributed by atoms with E-state index in [2.05, 4.69) is 124 Å². The first-order valence-corrected chi connectivity index (χ1v) is 14.1. The molecular formula is C34H26BrN3O. The molecule has 0 saturated heterocycles. The van der Waals surface area contributed by atoms with Gasteiger partial charge in [-0.2, -0.15) is 0 Å². The number of carbonyl (C=O) groups is 1. The molecule has 2 N–H and O–H groups in total. The first-order valence-electron chi connectivity index (χ1n) is 13.3. The summed E-state index contributed by atoms with van der Waals surface area (Å²) in [5.41, 5.74) is 9.20. The molecule has 4 nitrogen and oxygen atoms in total. The standard InChI is InChI=1S/C34H26BrN3O/c1-19-18-36-31-22(19)9-7-10-24(31)28-29(20-14-16-21(35)17-15-20)34(25-11-4-6-13-27(25)38(2)33(34)39)30-23-8-3-5-12-26(23)37-32(28)30/h3-18,28-29,36-37H,1-2H3/t28-,29-,34+/m0/s1. The number of carbonyl (C=O) groups excluding carboxylic acids is 1. The van der Waals surface area contributed by atoms with E-state index in [4.69, 9.17) is 0 Å². The molecule has 0 radical (unpaired) electrons. The van der Waals surface area contributed by atoms with Gasteiger partial charge in [0.2, 0.25) is 5.91 Å². The summed E-state index contributed by atoms with van der Waals surface area (Å²) < 4.78 is 1.02. The molecule has 2 aliphatic rings. The van der Waals surface area contributed by atoms with Crippen molar-refractivity contribution in [3.8, 4) is 0 Å². The molecule has 0 bridgehead atoms. The van der Waals surface area contributed by atoms with Gasteiger partial charge < -0.3 is 14.9 Å². The average Bonchev–Trinajstić information content (AvgIpc) is 3.67. The molecule has 5 heteroatoms. The SMILES string of the molecule is Cc1c[nH]c2c([C@@H]3c4[nH]c5ccccc5c4[C@]4(C(=O)N(C)c5ccccc54)[C@H]3c3ccc(Br)cc3)cccc12. The van der Waals surface area contributed by atoms with Crippen molar-refractivity contribution in [1.29, 1.82) is 0 Å². The summed E-state index contributed by atoms with van der Waals surface area (Å²) in [6, 6.07) is 31.9. The third kappa shape index (κ3) is 2.81. The molecule has 190 valence electrons. The van der Waals surface area contributed by atoms with Gasteiger partial charge in [0.25, 0.3) is 0 Å². The molecule has 1 aliphatic heterocycles. The second-order valence-corrected chi connectivity index (χ2v) is 11.8. The number of hydrogen-bond acceptors (Lipinski definition) is 1. The minimum Gasteiger partial charge on any atom is -0.361 e. The highest BCUT2D eigenvalue weighted by Crippen LogP contribution is 2.66. The Kier molecular flexibility index (Phi) is 4.67. The lowest BCUT2D eigenvalue weighted by atomic mass is 9.64. The lowest BCUT2D eigenvalue weighted by Crippen LogP contribution is -2.43. The molecule has 0 unspecified atom stereocenters. The number of benzene rings is 4. The number of halogens is 1. The molecular weight excluding hydrogens is 546 g/mol. The second kappa shape index (κ2) is 7.96. The molecule has 39 heavy (non-hydrogen) atoms. The smallest absolute Gasteiger partial charge is 0.242 e. The van der Waals surface area contributed by atoms with Crippen LogP contribution in [0.3, 0.4) is 0 Å². The number of aromatic amines is 2. The zero-order valence-electron chi connectivity index (χ0n) is 21.6. The van der Waals surface area contributed by atoms with Gasteiger partial charge in [-0.1, -0.05) is 82.7 Å². The number of anilines is 1. The number of nitrogens with zero attached hydrogens (tertiary/aromatic N) is 1. The Balaban J connectivity index is 1.56. The van der Waals surface area contributed by atoms with Crippen molar-refractivity contribution >= 4 is 49.3 Å². The van der Waals surface area contributed by atoms with Gasteiger partial charge in [-0.25, -0.2) is 0 Å². The highest BCUT2D eigenvalue weighted by molar-refractivity contribution is 9.10. The van der Waals surface area contributed by atoms with Gasteiger partial charge in [0, 0.05) is 68.3 Å². The van der Waals surface area contributed by atoms with Gasteiger partial charge in [0.05, 0.1) is 0 Å². The van der Waals surface area contributed by atoms with Gasteiger partial charge in [0.1, 0.15) is 5.41 Å². The maximum atomic E-state index is 14.9. The number of nitrogens with one attached hydrogen (secondary N) is 2. The average molecular weight is 573 g/mol. The topological polar surface area (TPSA) is 51.9 Å². The third-order valence-electron chi connectivity index (χ3n) is 9.09. The Morgan fingerprint density at radius 1 is 0.872 bits per heavy atom. The van der Waals surface area contributed by atoms with E-state index >= 15 is 0 Å². The van der Waals surface area contributed by atoms with Gasteiger partial charge in [-0.05, 0) is 53.4 Å². The van der Waals surface area contributed by atoms with Crippen LogP contribution in [0.4, 0.5) is 5.69 Å². The van der Waals surface area contributed by atoms with E-state index in [1.54, 1.807) is 0 Å². The summed E-state index contributed by atoms with van der Waals surface area (Å²) in [6.07, 6.45) is 2.09. The molecule has 0 saturated carbocycles. The van der Waals surface area contributed by atoms with E-state index in [0.717, 1.165) is 49.0 Å². The largest absolute Gasteiger partial charge is 0.361 e. The minimum absolute atomic E-state index is 0.0705. The van der Waals surface area contributed by atoms with Crippen LogP contribution >= 0.6 is 15.9 Å². The minimum atomic E-state index is -0.872. The zero-order valence-corrected chi connectivity index (χ0v) is 23.2. The number of likely N-dealkylation sites (N-methyl/N-ethyl adjacent to an activating group) is 1. The van der Waals surface area contributed by atoms with Gasteiger partial charge in [0.15, 0.2) is 0 Å². The Hall–Kier alpha value is -4.09. The summed E-state index contributed by atoms with van der Waals surface area (Å²) in [6.45, 7) is 2.14. The maximum absolute atomic E-state index is 14.9. The van der Waals surface area contributed by atoms with E-state index < -0.39 is 5.41 Å². The predicted molar refractivity (Wildman–Crippen MR) is 161 cm³/mol. The molecule has 6 aromatic rings. The summed E-state index contributed by atoms with van der Waals surface area (Å²) in [5, 5.41) is 2.33. The van der Waals surface area contributed by atoms with Crippen molar-refractivity contribution in [2.24, 2.45) is 0 Å². The molecule has 4 aromatic carbocycles. The number of rotatable bonds is 2. The van der Waals surface area contributed by atoms with Crippen LogP contribution < -0.4 is 4.90 Å². The van der Waals surface area contributed by atoms with Crippen molar-refractivity contribution in [1.82, 2.24) is 9.97 Å². The number of para-hydroxylation sites is 3. The van der Waals surface area contributed by atoms with Crippen LogP contribution in [-0.4, -0.2) is 22.9 Å². The highest BCUT2D eigenvalue weighted by atomic mass is 79.9.